The molecule has 2 aromatic rings. The Morgan fingerprint density at radius 3 is 2.50 bits per heavy atom. The summed E-state index contributed by atoms with van der Waals surface area (Å²) < 4.78 is 14.7. The van der Waals surface area contributed by atoms with Crippen LogP contribution in [-0.2, 0) is 5.60 Å². The van der Waals surface area contributed by atoms with Crippen LogP contribution < -0.4 is 15.1 Å². The summed E-state index contributed by atoms with van der Waals surface area (Å²) in [5, 5.41) is 24.3. The molecule has 4 saturated carbocycles. The number of piperazine rings is 1. The van der Waals surface area contributed by atoms with E-state index in [1.807, 2.05) is 18.2 Å². The molecular weight excluding hydrogens is 483 g/mol. The van der Waals surface area contributed by atoms with Gasteiger partial charge in [-0.1, -0.05) is 12.1 Å². The van der Waals surface area contributed by atoms with Gasteiger partial charge in [-0.25, -0.2) is 9.37 Å². The smallest absolute Gasteiger partial charge is 0.270 e. The fourth-order valence-electron chi connectivity index (χ4n) is 7.88. The Labute approximate surface area is 224 Å². The van der Waals surface area contributed by atoms with Crippen LogP contribution in [0.1, 0.15) is 68.9 Å². The summed E-state index contributed by atoms with van der Waals surface area (Å²) >= 11 is 0. The van der Waals surface area contributed by atoms with Gasteiger partial charge in [-0.3, -0.25) is 4.79 Å². The quantitative estimate of drug-likeness (QED) is 0.553. The Balaban J connectivity index is 1.12. The second kappa shape index (κ2) is 9.19. The van der Waals surface area contributed by atoms with Crippen LogP contribution in [0.15, 0.2) is 36.4 Å². The molecule has 1 amide bonds. The molecule has 1 aromatic heterocycles. The predicted molar refractivity (Wildman–Crippen MR) is 145 cm³/mol. The zero-order valence-corrected chi connectivity index (χ0v) is 22.5. The van der Waals surface area contributed by atoms with Crippen molar-refractivity contribution in [2.45, 2.75) is 76.2 Å². The Hall–Kier alpha value is -2.71. The number of aromatic nitrogens is 1. The largest absolute Gasteiger partial charge is 0.390 e. The number of carbonyl (C=O) groups is 1. The molecule has 204 valence electrons. The fraction of sp³-hybridized carbons (Fsp3) is 0.600. The van der Waals surface area contributed by atoms with Crippen LogP contribution in [0.5, 0.6) is 0 Å². The van der Waals surface area contributed by atoms with Crippen molar-refractivity contribution in [3.8, 4) is 0 Å². The lowest BCUT2D eigenvalue weighted by Crippen LogP contribution is -2.61. The third-order valence-electron chi connectivity index (χ3n) is 9.40. The number of amides is 1. The van der Waals surface area contributed by atoms with Gasteiger partial charge in [0, 0.05) is 43.0 Å². The van der Waals surface area contributed by atoms with E-state index in [4.69, 9.17) is 4.98 Å². The summed E-state index contributed by atoms with van der Waals surface area (Å²) in [7, 11) is 0. The number of anilines is 2. The SMILES string of the molecule is C[C@@H]1CN(c2ccc(C(C)(C)O)c(F)c2)CCN1c1cccc(C(=O)NC2C3CC4CC2CC(O)(C4)C3)n1. The van der Waals surface area contributed by atoms with Crippen molar-refractivity contribution in [1.82, 2.24) is 10.3 Å². The molecule has 2 heterocycles. The molecule has 5 fully saturated rings. The van der Waals surface area contributed by atoms with E-state index in [1.165, 1.54) is 6.07 Å². The number of rotatable bonds is 5. The average Bonchev–Trinajstić information content (AvgIpc) is 2.84. The third kappa shape index (κ3) is 4.66. The maximum atomic E-state index is 14.7. The molecule has 8 heteroatoms. The van der Waals surface area contributed by atoms with Gasteiger partial charge in [0.2, 0.25) is 0 Å². The maximum Gasteiger partial charge on any atom is 0.270 e. The van der Waals surface area contributed by atoms with Gasteiger partial charge in [-0.05, 0) is 94.9 Å². The molecule has 3 atom stereocenters. The third-order valence-corrected chi connectivity index (χ3v) is 9.40. The van der Waals surface area contributed by atoms with Gasteiger partial charge < -0.3 is 25.3 Å². The van der Waals surface area contributed by atoms with Crippen LogP contribution in [0, 0.1) is 23.6 Å². The number of pyridine rings is 1. The van der Waals surface area contributed by atoms with Crippen LogP contribution in [0.2, 0.25) is 0 Å². The van der Waals surface area contributed by atoms with Crippen LogP contribution in [0.4, 0.5) is 15.9 Å². The number of benzene rings is 1. The lowest BCUT2D eigenvalue weighted by molar-refractivity contribution is -0.136. The Morgan fingerprint density at radius 2 is 1.87 bits per heavy atom. The van der Waals surface area contributed by atoms with Crippen LogP contribution >= 0.6 is 0 Å². The highest BCUT2D eigenvalue weighted by Gasteiger charge is 2.55. The Bertz CT molecular complexity index is 1210. The van der Waals surface area contributed by atoms with E-state index < -0.39 is 17.0 Å². The molecule has 0 spiro atoms. The van der Waals surface area contributed by atoms with E-state index in [-0.39, 0.29) is 23.6 Å². The first-order valence-corrected chi connectivity index (χ1v) is 14.0. The fourth-order valence-corrected chi connectivity index (χ4v) is 7.88. The number of nitrogens with zero attached hydrogens (tertiary/aromatic N) is 3. The summed E-state index contributed by atoms with van der Waals surface area (Å²) in [4.78, 5) is 22.4. The molecule has 1 aromatic carbocycles. The van der Waals surface area contributed by atoms with Crippen molar-refractivity contribution in [2.24, 2.45) is 17.8 Å². The van der Waals surface area contributed by atoms with Crippen molar-refractivity contribution >= 4 is 17.4 Å². The van der Waals surface area contributed by atoms with Gasteiger partial charge in [-0.15, -0.1) is 0 Å². The van der Waals surface area contributed by atoms with E-state index in [0.29, 0.717) is 43.1 Å². The molecule has 7 nitrogen and oxygen atoms in total. The molecule has 4 aliphatic carbocycles. The van der Waals surface area contributed by atoms with Crippen LogP contribution in [0.3, 0.4) is 0 Å². The minimum Gasteiger partial charge on any atom is -0.390 e. The predicted octanol–water partition coefficient (Wildman–Crippen LogP) is 3.83. The topological polar surface area (TPSA) is 88.9 Å². The first-order valence-electron chi connectivity index (χ1n) is 14.0. The summed E-state index contributed by atoms with van der Waals surface area (Å²) in [6, 6.07) is 10.9. The van der Waals surface area contributed by atoms with Gasteiger partial charge in [-0.2, -0.15) is 0 Å². The minimum absolute atomic E-state index is 0.108. The lowest BCUT2D eigenvalue weighted by atomic mass is 9.52. The Morgan fingerprint density at radius 1 is 1.13 bits per heavy atom. The van der Waals surface area contributed by atoms with Crippen molar-refractivity contribution in [1.29, 1.82) is 0 Å². The van der Waals surface area contributed by atoms with Crippen molar-refractivity contribution in [3.05, 3.63) is 53.5 Å². The molecule has 5 aliphatic rings. The molecule has 38 heavy (non-hydrogen) atoms. The van der Waals surface area contributed by atoms with Gasteiger partial charge >= 0.3 is 0 Å². The highest BCUT2D eigenvalue weighted by molar-refractivity contribution is 5.93. The first-order chi connectivity index (χ1) is 18.0. The first kappa shape index (κ1) is 25.6. The summed E-state index contributed by atoms with van der Waals surface area (Å²) in [5.41, 5.74) is -0.236. The monoisotopic (exact) mass is 522 g/mol. The number of hydrogen-bond acceptors (Lipinski definition) is 6. The van der Waals surface area contributed by atoms with E-state index >= 15 is 0 Å². The maximum absolute atomic E-state index is 14.7. The Kier molecular flexibility index (Phi) is 6.18. The highest BCUT2D eigenvalue weighted by Crippen LogP contribution is 2.55. The zero-order valence-electron chi connectivity index (χ0n) is 22.5. The molecule has 3 N–H and O–H groups in total. The normalized spacial score (nSPS) is 32.5. The molecule has 7 rings (SSSR count). The van der Waals surface area contributed by atoms with Gasteiger partial charge in [0.1, 0.15) is 17.3 Å². The number of hydrogen-bond donors (Lipinski definition) is 3. The molecule has 2 unspecified atom stereocenters. The lowest BCUT2D eigenvalue weighted by Gasteiger charge is -2.58. The summed E-state index contributed by atoms with van der Waals surface area (Å²) in [6.45, 7) is 7.36. The van der Waals surface area contributed by atoms with E-state index in [0.717, 1.165) is 43.6 Å². The molecule has 4 bridgehead atoms. The van der Waals surface area contributed by atoms with Crippen molar-refractivity contribution in [3.63, 3.8) is 0 Å². The van der Waals surface area contributed by atoms with Crippen LogP contribution in [-0.4, -0.2) is 58.4 Å². The average molecular weight is 523 g/mol. The van der Waals surface area contributed by atoms with Gasteiger partial charge in [0.05, 0.1) is 11.2 Å². The van der Waals surface area contributed by atoms with E-state index in [1.54, 1.807) is 26.0 Å². The number of nitrogens with one attached hydrogen (secondary N) is 1. The molecule has 1 saturated heterocycles. The number of halogens is 1. The van der Waals surface area contributed by atoms with Crippen LogP contribution in [0.25, 0.3) is 0 Å². The van der Waals surface area contributed by atoms with Crippen molar-refractivity contribution in [2.75, 3.05) is 29.4 Å². The minimum atomic E-state index is -1.23. The van der Waals surface area contributed by atoms with E-state index in [9.17, 15) is 19.4 Å². The highest BCUT2D eigenvalue weighted by atomic mass is 19.1. The molecular formula is C30H39FN4O3. The summed E-state index contributed by atoms with van der Waals surface area (Å²) in [5.74, 6) is 1.54. The zero-order chi connectivity index (χ0) is 26.8. The van der Waals surface area contributed by atoms with Crippen molar-refractivity contribution < 1.29 is 19.4 Å². The number of aliphatic hydroxyl groups is 2. The molecule has 1 aliphatic heterocycles. The van der Waals surface area contributed by atoms with E-state index in [2.05, 4.69) is 22.0 Å². The van der Waals surface area contributed by atoms with Gasteiger partial charge in [0.15, 0.2) is 0 Å². The standard InChI is InChI=1S/C30H39FN4O3/c1-18-17-34(22-7-8-23(24(31)13-22)29(2,3)37)9-10-35(18)26-6-4-5-25(32-26)28(36)33-27-20-11-19-12-21(27)16-30(38,14-19)15-20/h4-8,13,18-21,27,37-38H,9-12,14-17H2,1-3H3,(H,33,36)/t18-,19?,20?,21?,27?,30?/m1/s1. The second-order valence-corrected chi connectivity index (χ2v) is 12.8. The second-order valence-electron chi connectivity index (χ2n) is 12.8. The van der Waals surface area contributed by atoms with Gasteiger partial charge in [0.25, 0.3) is 5.91 Å². The molecule has 0 radical (unpaired) electrons. The summed E-state index contributed by atoms with van der Waals surface area (Å²) in [6.07, 6.45) is 4.72. The number of carbonyl (C=O) groups excluding carboxylic acids is 1.